The zero-order chi connectivity index (χ0) is 18.0. The molecule has 0 bridgehead atoms. The van der Waals surface area contributed by atoms with E-state index < -0.39 is 11.2 Å². The molecule has 0 aliphatic carbocycles. The molecule has 0 saturated heterocycles. The van der Waals surface area contributed by atoms with Crippen molar-refractivity contribution in [3.63, 3.8) is 0 Å². The monoisotopic (exact) mass is 340 g/mol. The Morgan fingerprint density at radius 1 is 0.920 bits per heavy atom. The van der Waals surface area contributed by atoms with Crippen molar-refractivity contribution in [2.45, 2.75) is 0 Å². The Kier molecular flexibility index (Phi) is 4.30. The van der Waals surface area contributed by atoms with Crippen LogP contribution in [0.25, 0.3) is 11.1 Å². The second kappa shape index (κ2) is 6.56. The first kappa shape index (κ1) is 16.4. The van der Waals surface area contributed by atoms with Crippen LogP contribution in [-0.2, 0) is 7.05 Å². The average Bonchev–Trinajstić information content (AvgIpc) is 2.64. The summed E-state index contributed by atoms with van der Waals surface area (Å²) in [5, 5.41) is 9.32. The van der Waals surface area contributed by atoms with E-state index in [0.29, 0.717) is 5.75 Å². The quantitative estimate of drug-likeness (QED) is 0.737. The van der Waals surface area contributed by atoms with Crippen molar-refractivity contribution in [2.75, 3.05) is 7.11 Å². The van der Waals surface area contributed by atoms with E-state index in [1.54, 1.807) is 25.3 Å². The molecular formula is C18H16N2O5. The molecule has 1 N–H and O–H groups in total. The predicted octanol–water partition coefficient (Wildman–Crippen LogP) is 2.25. The van der Waals surface area contributed by atoms with Crippen LogP contribution in [0.5, 0.6) is 17.4 Å². The van der Waals surface area contributed by atoms with E-state index in [1.165, 1.54) is 7.05 Å². The van der Waals surface area contributed by atoms with Gasteiger partial charge in [-0.25, -0.2) is 4.79 Å². The van der Waals surface area contributed by atoms with E-state index >= 15 is 0 Å². The molecule has 0 unspecified atom stereocenters. The number of aromatic nitrogens is 2. The maximum absolute atomic E-state index is 11.7. The first-order valence-electron chi connectivity index (χ1n) is 7.44. The predicted molar refractivity (Wildman–Crippen MR) is 91.6 cm³/mol. The zero-order valence-corrected chi connectivity index (χ0v) is 13.7. The molecule has 3 aromatic rings. The SMILES string of the molecule is COc1ccc(-c2cccc(Oc3cc(=O)n(O)c(=O)n3C)c2)cc1. The van der Waals surface area contributed by atoms with Gasteiger partial charge in [-0.15, -0.1) is 0 Å². The molecule has 0 aliphatic heterocycles. The number of nitrogens with zero attached hydrogens (tertiary/aromatic N) is 2. The minimum Gasteiger partial charge on any atom is -0.497 e. The van der Waals surface area contributed by atoms with Crippen molar-refractivity contribution in [1.29, 1.82) is 0 Å². The van der Waals surface area contributed by atoms with Crippen molar-refractivity contribution in [2.24, 2.45) is 7.05 Å². The lowest BCUT2D eigenvalue weighted by molar-refractivity contribution is 0.153. The smallest absolute Gasteiger partial charge is 0.366 e. The molecule has 0 spiro atoms. The Labute approximate surface area is 142 Å². The Morgan fingerprint density at radius 3 is 2.32 bits per heavy atom. The highest BCUT2D eigenvalue weighted by Gasteiger charge is 2.10. The third-order valence-electron chi connectivity index (χ3n) is 3.73. The summed E-state index contributed by atoms with van der Waals surface area (Å²) in [6.07, 6.45) is 0. The van der Waals surface area contributed by atoms with Gasteiger partial charge in [-0.05, 0) is 35.4 Å². The lowest BCUT2D eigenvalue weighted by Crippen LogP contribution is -2.37. The Hall–Kier alpha value is -3.48. The molecule has 0 atom stereocenters. The lowest BCUT2D eigenvalue weighted by Gasteiger charge is -2.11. The molecule has 0 radical (unpaired) electrons. The second-order valence-electron chi connectivity index (χ2n) is 5.33. The molecule has 0 saturated carbocycles. The molecule has 25 heavy (non-hydrogen) atoms. The Bertz CT molecular complexity index is 1020. The number of ether oxygens (including phenoxy) is 2. The average molecular weight is 340 g/mol. The molecule has 0 amide bonds. The van der Waals surface area contributed by atoms with Crippen LogP contribution in [0.2, 0.25) is 0 Å². The summed E-state index contributed by atoms with van der Waals surface area (Å²) in [6, 6.07) is 15.8. The number of methoxy groups -OCH3 is 1. The highest BCUT2D eigenvalue weighted by atomic mass is 16.5. The summed E-state index contributed by atoms with van der Waals surface area (Å²) in [6.45, 7) is 0. The molecule has 1 heterocycles. The lowest BCUT2D eigenvalue weighted by atomic mass is 10.1. The molecule has 7 heteroatoms. The fourth-order valence-electron chi connectivity index (χ4n) is 2.34. The minimum atomic E-state index is -0.881. The molecule has 7 nitrogen and oxygen atoms in total. The fourth-order valence-corrected chi connectivity index (χ4v) is 2.34. The van der Waals surface area contributed by atoms with Gasteiger partial charge in [0.15, 0.2) is 0 Å². The van der Waals surface area contributed by atoms with Crippen LogP contribution in [0.15, 0.2) is 64.2 Å². The van der Waals surface area contributed by atoms with Gasteiger partial charge in [0.05, 0.1) is 13.2 Å². The van der Waals surface area contributed by atoms with Gasteiger partial charge in [-0.2, -0.15) is 0 Å². The van der Waals surface area contributed by atoms with Gasteiger partial charge in [0.2, 0.25) is 5.88 Å². The molecule has 3 rings (SSSR count). The molecule has 0 fully saturated rings. The van der Waals surface area contributed by atoms with E-state index in [9.17, 15) is 14.8 Å². The van der Waals surface area contributed by atoms with Gasteiger partial charge < -0.3 is 14.7 Å². The summed E-state index contributed by atoms with van der Waals surface area (Å²) in [5.41, 5.74) is 0.129. The first-order valence-corrected chi connectivity index (χ1v) is 7.44. The van der Waals surface area contributed by atoms with Gasteiger partial charge >= 0.3 is 5.69 Å². The van der Waals surface area contributed by atoms with Crippen molar-refractivity contribution in [1.82, 2.24) is 9.30 Å². The number of rotatable bonds is 4. The zero-order valence-electron chi connectivity index (χ0n) is 13.7. The Balaban J connectivity index is 1.95. The maximum Gasteiger partial charge on any atom is 0.366 e. The number of hydrogen-bond acceptors (Lipinski definition) is 5. The summed E-state index contributed by atoms with van der Waals surface area (Å²) < 4.78 is 11.9. The third kappa shape index (κ3) is 3.25. The highest BCUT2D eigenvalue weighted by Crippen LogP contribution is 2.27. The van der Waals surface area contributed by atoms with Gasteiger partial charge in [-0.3, -0.25) is 9.36 Å². The standard InChI is InChI=1S/C18H16N2O5/c1-19-17(11-16(21)20(23)18(19)22)25-15-5-3-4-13(10-15)12-6-8-14(24-2)9-7-12/h3-11,23H,1-2H3. The molecule has 1 aromatic heterocycles. The highest BCUT2D eigenvalue weighted by molar-refractivity contribution is 5.65. The first-order chi connectivity index (χ1) is 12.0. The third-order valence-corrected chi connectivity index (χ3v) is 3.73. The molecule has 128 valence electrons. The van der Waals surface area contributed by atoms with Crippen molar-refractivity contribution < 1.29 is 14.7 Å². The van der Waals surface area contributed by atoms with Crippen molar-refractivity contribution >= 4 is 0 Å². The summed E-state index contributed by atoms with van der Waals surface area (Å²) in [4.78, 5) is 23.3. The van der Waals surface area contributed by atoms with Gasteiger partial charge in [-0.1, -0.05) is 29.0 Å². The summed E-state index contributed by atoms with van der Waals surface area (Å²) >= 11 is 0. The maximum atomic E-state index is 11.7. The van der Waals surface area contributed by atoms with Crippen LogP contribution in [0.1, 0.15) is 0 Å². The van der Waals surface area contributed by atoms with E-state index in [0.717, 1.165) is 27.5 Å². The van der Waals surface area contributed by atoms with Crippen LogP contribution >= 0.6 is 0 Å². The van der Waals surface area contributed by atoms with Gasteiger partial charge in [0.25, 0.3) is 5.56 Å². The normalized spacial score (nSPS) is 10.5. The molecule has 2 aromatic carbocycles. The van der Waals surface area contributed by atoms with E-state index in [1.807, 2.05) is 30.3 Å². The molecular weight excluding hydrogens is 324 g/mol. The van der Waals surface area contributed by atoms with E-state index in [4.69, 9.17) is 9.47 Å². The van der Waals surface area contributed by atoms with Crippen LogP contribution in [0, 0.1) is 0 Å². The van der Waals surface area contributed by atoms with Gasteiger partial charge in [0, 0.05) is 7.05 Å². The summed E-state index contributed by atoms with van der Waals surface area (Å²) in [7, 11) is 3.01. The largest absolute Gasteiger partial charge is 0.497 e. The minimum absolute atomic E-state index is 0.0284. The van der Waals surface area contributed by atoms with Crippen LogP contribution in [-0.4, -0.2) is 21.6 Å². The van der Waals surface area contributed by atoms with Crippen LogP contribution < -0.4 is 20.7 Å². The van der Waals surface area contributed by atoms with Crippen molar-refractivity contribution in [3.05, 3.63) is 75.4 Å². The number of hydrogen-bond donors (Lipinski definition) is 1. The Morgan fingerprint density at radius 2 is 1.64 bits per heavy atom. The summed E-state index contributed by atoms with van der Waals surface area (Å²) in [5.74, 6) is 1.25. The van der Waals surface area contributed by atoms with Crippen LogP contribution in [0.3, 0.4) is 0 Å². The van der Waals surface area contributed by atoms with Gasteiger partial charge in [0.1, 0.15) is 11.5 Å². The number of benzene rings is 2. The fraction of sp³-hybridized carbons (Fsp3) is 0.111. The van der Waals surface area contributed by atoms with E-state index in [2.05, 4.69) is 0 Å². The van der Waals surface area contributed by atoms with Crippen LogP contribution in [0.4, 0.5) is 0 Å². The van der Waals surface area contributed by atoms with E-state index in [-0.39, 0.29) is 10.6 Å². The second-order valence-corrected chi connectivity index (χ2v) is 5.33. The van der Waals surface area contributed by atoms with Crippen molar-refractivity contribution in [3.8, 4) is 28.5 Å². The molecule has 0 aliphatic rings. The topological polar surface area (TPSA) is 82.7 Å².